The van der Waals surface area contributed by atoms with E-state index >= 15 is 0 Å². The Hall–Kier alpha value is -2.10. The van der Waals surface area contributed by atoms with Crippen molar-refractivity contribution >= 4 is 16.9 Å². The lowest BCUT2D eigenvalue weighted by atomic mass is 9.78. The molecule has 2 unspecified atom stereocenters. The number of ether oxygens (including phenoxy) is 1. The van der Waals surface area contributed by atoms with Crippen LogP contribution in [0.25, 0.3) is 10.9 Å². The number of pyridine rings is 1. The van der Waals surface area contributed by atoms with E-state index in [0.29, 0.717) is 28.1 Å². The van der Waals surface area contributed by atoms with Crippen LogP contribution in [0.5, 0.6) is 5.75 Å². The minimum atomic E-state index is -0.871. The van der Waals surface area contributed by atoms with Crippen LogP contribution in [0, 0.1) is 0 Å². The summed E-state index contributed by atoms with van der Waals surface area (Å²) in [4.78, 5) is 16.6. The lowest BCUT2D eigenvalue weighted by Crippen LogP contribution is -2.18. The van der Waals surface area contributed by atoms with E-state index in [-0.39, 0.29) is 5.92 Å². The maximum absolute atomic E-state index is 11.8. The monoisotopic (exact) mass is 285 g/mol. The third-order valence-electron chi connectivity index (χ3n) is 4.47. The second-order valence-electron chi connectivity index (χ2n) is 5.85. The van der Waals surface area contributed by atoms with Crippen LogP contribution in [0.15, 0.2) is 18.2 Å². The summed E-state index contributed by atoms with van der Waals surface area (Å²) in [5, 5.41) is 10.4. The van der Waals surface area contributed by atoms with Gasteiger partial charge in [0.1, 0.15) is 5.75 Å². The number of carboxylic acid groups (broad SMARTS) is 1. The molecule has 4 heteroatoms. The predicted molar refractivity (Wildman–Crippen MR) is 81.3 cm³/mol. The molecule has 0 bridgehead atoms. The molecule has 4 nitrogen and oxygen atoms in total. The fourth-order valence-corrected chi connectivity index (χ4v) is 3.29. The SMILES string of the molecule is COc1ccc2c(C(=O)O)c3c(nc2c1)C(C)CCC3C. The minimum Gasteiger partial charge on any atom is -0.497 e. The maximum atomic E-state index is 11.8. The van der Waals surface area contributed by atoms with Crippen LogP contribution in [-0.4, -0.2) is 23.2 Å². The van der Waals surface area contributed by atoms with Crippen LogP contribution in [-0.2, 0) is 0 Å². The first-order valence-corrected chi connectivity index (χ1v) is 7.27. The van der Waals surface area contributed by atoms with Crippen molar-refractivity contribution in [3.8, 4) is 5.75 Å². The average Bonchev–Trinajstić information content (AvgIpc) is 2.48. The van der Waals surface area contributed by atoms with E-state index in [1.807, 2.05) is 6.07 Å². The molecule has 3 rings (SSSR count). The Balaban J connectivity index is 2.40. The summed E-state index contributed by atoms with van der Waals surface area (Å²) in [5.41, 5.74) is 2.97. The molecule has 1 aliphatic carbocycles. The van der Waals surface area contributed by atoms with Gasteiger partial charge in [-0.2, -0.15) is 0 Å². The highest BCUT2D eigenvalue weighted by atomic mass is 16.5. The van der Waals surface area contributed by atoms with Gasteiger partial charge in [0, 0.05) is 17.1 Å². The number of aromatic nitrogens is 1. The summed E-state index contributed by atoms with van der Waals surface area (Å²) >= 11 is 0. The number of hydrogen-bond donors (Lipinski definition) is 1. The molecular formula is C17H19NO3. The number of nitrogens with zero attached hydrogens (tertiary/aromatic N) is 1. The van der Waals surface area contributed by atoms with Crippen molar-refractivity contribution in [2.75, 3.05) is 7.11 Å². The van der Waals surface area contributed by atoms with Crippen LogP contribution in [0.3, 0.4) is 0 Å². The first-order valence-electron chi connectivity index (χ1n) is 7.27. The van der Waals surface area contributed by atoms with Crippen molar-refractivity contribution in [2.45, 2.75) is 38.5 Å². The predicted octanol–water partition coefficient (Wildman–Crippen LogP) is 3.94. The number of benzene rings is 1. The Labute approximate surface area is 123 Å². The zero-order valence-corrected chi connectivity index (χ0v) is 12.5. The van der Waals surface area contributed by atoms with Gasteiger partial charge < -0.3 is 9.84 Å². The van der Waals surface area contributed by atoms with Crippen LogP contribution < -0.4 is 4.74 Å². The number of carbonyl (C=O) groups is 1. The number of methoxy groups -OCH3 is 1. The number of fused-ring (bicyclic) bond motifs is 2. The fourth-order valence-electron chi connectivity index (χ4n) is 3.29. The van der Waals surface area contributed by atoms with Crippen LogP contribution in [0.4, 0.5) is 0 Å². The van der Waals surface area contributed by atoms with Gasteiger partial charge >= 0.3 is 5.97 Å². The largest absolute Gasteiger partial charge is 0.497 e. The Morgan fingerprint density at radius 3 is 2.67 bits per heavy atom. The van der Waals surface area contributed by atoms with Gasteiger partial charge in [-0.1, -0.05) is 13.8 Å². The van der Waals surface area contributed by atoms with Crippen molar-refractivity contribution in [1.29, 1.82) is 0 Å². The highest BCUT2D eigenvalue weighted by molar-refractivity contribution is 6.04. The zero-order valence-electron chi connectivity index (χ0n) is 12.5. The van der Waals surface area contributed by atoms with Crippen LogP contribution >= 0.6 is 0 Å². The van der Waals surface area contributed by atoms with E-state index in [2.05, 4.69) is 13.8 Å². The van der Waals surface area contributed by atoms with Gasteiger partial charge in [-0.3, -0.25) is 4.98 Å². The molecule has 0 spiro atoms. The molecule has 0 aliphatic heterocycles. The summed E-state index contributed by atoms with van der Waals surface area (Å²) in [6.07, 6.45) is 2.06. The van der Waals surface area contributed by atoms with Crippen molar-refractivity contribution in [1.82, 2.24) is 4.98 Å². The van der Waals surface area contributed by atoms with Gasteiger partial charge in [-0.05, 0) is 42.4 Å². The third kappa shape index (κ3) is 2.15. The Bertz CT molecular complexity index is 724. The van der Waals surface area contributed by atoms with Crippen molar-refractivity contribution in [2.24, 2.45) is 0 Å². The van der Waals surface area contributed by atoms with Crippen molar-refractivity contribution < 1.29 is 14.6 Å². The van der Waals surface area contributed by atoms with E-state index in [1.165, 1.54) is 0 Å². The average molecular weight is 285 g/mol. The summed E-state index contributed by atoms with van der Waals surface area (Å²) in [7, 11) is 1.60. The summed E-state index contributed by atoms with van der Waals surface area (Å²) in [6, 6.07) is 5.41. The fraction of sp³-hybridized carbons (Fsp3) is 0.412. The van der Waals surface area contributed by atoms with Gasteiger partial charge in [-0.25, -0.2) is 4.79 Å². The molecule has 1 aromatic heterocycles. The molecule has 0 amide bonds. The van der Waals surface area contributed by atoms with E-state index in [1.54, 1.807) is 19.2 Å². The summed E-state index contributed by atoms with van der Waals surface area (Å²) < 4.78 is 5.23. The molecule has 1 aliphatic rings. The topological polar surface area (TPSA) is 59.4 Å². The van der Waals surface area contributed by atoms with Crippen molar-refractivity contribution in [3.63, 3.8) is 0 Å². The van der Waals surface area contributed by atoms with Crippen LogP contribution in [0.1, 0.15) is 60.1 Å². The zero-order chi connectivity index (χ0) is 15.1. The quantitative estimate of drug-likeness (QED) is 0.907. The standard InChI is InChI=1S/C17H19NO3/c1-9-4-5-10(2)16-14(9)15(17(19)20)12-7-6-11(21-3)8-13(12)18-16/h6-10H,4-5H2,1-3H3,(H,19,20). The van der Waals surface area contributed by atoms with Crippen LogP contribution in [0.2, 0.25) is 0 Å². The first-order chi connectivity index (χ1) is 10.0. The molecule has 0 saturated heterocycles. The Morgan fingerprint density at radius 1 is 1.29 bits per heavy atom. The molecule has 0 saturated carbocycles. The molecule has 1 N–H and O–H groups in total. The smallest absolute Gasteiger partial charge is 0.336 e. The highest BCUT2D eigenvalue weighted by Crippen LogP contribution is 2.41. The third-order valence-corrected chi connectivity index (χ3v) is 4.47. The molecule has 0 radical (unpaired) electrons. The van der Waals surface area contributed by atoms with Gasteiger partial charge in [0.2, 0.25) is 0 Å². The molecule has 21 heavy (non-hydrogen) atoms. The van der Waals surface area contributed by atoms with Gasteiger partial charge in [0.15, 0.2) is 0 Å². The number of rotatable bonds is 2. The minimum absolute atomic E-state index is 0.237. The maximum Gasteiger partial charge on any atom is 0.336 e. The molecule has 0 fully saturated rings. The van der Waals surface area contributed by atoms with Gasteiger partial charge in [0.05, 0.1) is 18.2 Å². The lowest BCUT2D eigenvalue weighted by molar-refractivity contribution is 0.0696. The van der Waals surface area contributed by atoms with Gasteiger partial charge in [0.25, 0.3) is 0 Å². The number of hydrogen-bond acceptors (Lipinski definition) is 3. The highest BCUT2D eigenvalue weighted by Gasteiger charge is 2.30. The molecule has 1 heterocycles. The van der Waals surface area contributed by atoms with E-state index in [4.69, 9.17) is 9.72 Å². The van der Waals surface area contributed by atoms with E-state index in [9.17, 15) is 9.90 Å². The number of carboxylic acids is 1. The van der Waals surface area contributed by atoms with Crippen molar-refractivity contribution in [3.05, 3.63) is 35.0 Å². The second kappa shape index (κ2) is 5.02. The molecular weight excluding hydrogens is 266 g/mol. The molecule has 110 valence electrons. The molecule has 2 atom stereocenters. The summed E-state index contributed by atoms with van der Waals surface area (Å²) in [5.74, 6) is 0.360. The molecule has 1 aromatic carbocycles. The lowest BCUT2D eigenvalue weighted by Gasteiger charge is -2.28. The molecule has 2 aromatic rings. The van der Waals surface area contributed by atoms with E-state index < -0.39 is 5.97 Å². The second-order valence-corrected chi connectivity index (χ2v) is 5.85. The van der Waals surface area contributed by atoms with Gasteiger partial charge in [-0.15, -0.1) is 0 Å². The summed E-state index contributed by atoms with van der Waals surface area (Å²) in [6.45, 7) is 4.21. The Kier molecular flexibility index (Phi) is 3.32. The Morgan fingerprint density at radius 2 is 2.00 bits per heavy atom. The first kappa shape index (κ1) is 13.9. The normalized spacial score (nSPS) is 21.1. The number of aromatic carboxylic acids is 1. The van der Waals surface area contributed by atoms with E-state index in [0.717, 1.165) is 24.1 Å².